The molecule has 2 N–H and O–H groups in total. The first kappa shape index (κ1) is 12.4. The van der Waals surface area contributed by atoms with Gasteiger partial charge in [-0.1, -0.05) is 19.1 Å². The molecular formula is C12H14FNO2S. The summed E-state index contributed by atoms with van der Waals surface area (Å²) in [5, 5.41) is 12.4. The van der Waals surface area contributed by atoms with Gasteiger partial charge in [0.1, 0.15) is 11.9 Å². The van der Waals surface area contributed by atoms with Gasteiger partial charge in [-0.05, 0) is 17.7 Å². The van der Waals surface area contributed by atoms with Crippen molar-refractivity contribution in [3.63, 3.8) is 0 Å². The third-order valence-electron chi connectivity index (χ3n) is 2.90. The molecule has 1 fully saturated rings. The first-order chi connectivity index (χ1) is 8.08. The van der Waals surface area contributed by atoms with Crippen molar-refractivity contribution in [1.29, 1.82) is 0 Å². The van der Waals surface area contributed by atoms with E-state index in [-0.39, 0.29) is 17.1 Å². The van der Waals surface area contributed by atoms with Crippen LogP contribution in [0.5, 0.6) is 0 Å². The van der Waals surface area contributed by atoms with E-state index in [1.807, 2.05) is 6.92 Å². The molecule has 1 aromatic carbocycles. The zero-order valence-corrected chi connectivity index (χ0v) is 10.2. The van der Waals surface area contributed by atoms with Gasteiger partial charge in [0, 0.05) is 17.0 Å². The van der Waals surface area contributed by atoms with E-state index < -0.39 is 12.0 Å². The molecular weight excluding hydrogens is 241 g/mol. The largest absolute Gasteiger partial charge is 0.480 e. The van der Waals surface area contributed by atoms with Crippen LogP contribution in [-0.2, 0) is 4.79 Å². The lowest BCUT2D eigenvalue weighted by Crippen LogP contribution is -2.47. The molecule has 0 aromatic heterocycles. The van der Waals surface area contributed by atoms with Gasteiger partial charge in [0.15, 0.2) is 0 Å². The highest BCUT2D eigenvalue weighted by molar-refractivity contribution is 8.00. The van der Waals surface area contributed by atoms with E-state index >= 15 is 0 Å². The number of aliphatic carboxylic acids is 1. The Balaban J connectivity index is 2.17. The Morgan fingerprint density at radius 3 is 2.71 bits per heavy atom. The molecule has 5 heteroatoms. The number of carboxylic acid groups (broad SMARTS) is 1. The van der Waals surface area contributed by atoms with Crippen LogP contribution in [0.15, 0.2) is 24.3 Å². The Morgan fingerprint density at radius 2 is 2.12 bits per heavy atom. The molecule has 1 aliphatic heterocycles. The summed E-state index contributed by atoms with van der Waals surface area (Å²) in [5.74, 6) is -0.551. The highest BCUT2D eigenvalue weighted by Crippen LogP contribution is 2.31. The first-order valence-corrected chi connectivity index (χ1v) is 6.48. The second-order valence-electron chi connectivity index (χ2n) is 4.13. The third-order valence-corrected chi connectivity index (χ3v) is 4.23. The van der Waals surface area contributed by atoms with Gasteiger partial charge in [-0.25, -0.2) is 4.39 Å². The Morgan fingerprint density at radius 1 is 1.47 bits per heavy atom. The van der Waals surface area contributed by atoms with Crippen LogP contribution < -0.4 is 5.32 Å². The van der Waals surface area contributed by atoms with Crippen molar-refractivity contribution in [2.45, 2.75) is 24.3 Å². The summed E-state index contributed by atoms with van der Waals surface area (Å²) in [5.41, 5.74) is 0.928. The molecule has 3 nitrogen and oxygen atoms in total. The van der Waals surface area contributed by atoms with E-state index in [1.165, 1.54) is 12.1 Å². The Bertz CT molecular complexity index is 409. The molecule has 17 heavy (non-hydrogen) atoms. The van der Waals surface area contributed by atoms with E-state index in [4.69, 9.17) is 5.11 Å². The van der Waals surface area contributed by atoms with Crippen LogP contribution in [0, 0.1) is 5.82 Å². The molecule has 0 aliphatic carbocycles. The van der Waals surface area contributed by atoms with E-state index in [0.717, 1.165) is 5.56 Å². The number of halogens is 1. The second-order valence-corrected chi connectivity index (χ2v) is 5.54. The van der Waals surface area contributed by atoms with Crippen molar-refractivity contribution in [1.82, 2.24) is 5.32 Å². The van der Waals surface area contributed by atoms with E-state index in [1.54, 1.807) is 23.9 Å². The molecule has 92 valence electrons. The van der Waals surface area contributed by atoms with E-state index in [2.05, 4.69) is 5.32 Å². The predicted octanol–water partition coefficient (Wildman–Crippen LogP) is 2.04. The summed E-state index contributed by atoms with van der Waals surface area (Å²) >= 11 is 1.62. The van der Waals surface area contributed by atoms with Gasteiger partial charge in [-0.3, -0.25) is 10.1 Å². The number of nitrogens with one attached hydrogen (secondary N) is 1. The Labute approximate surface area is 103 Å². The molecule has 0 saturated carbocycles. The van der Waals surface area contributed by atoms with Crippen molar-refractivity contribution >= 4 is 17.7 Å². The maximum Gasteiger partial charge on any atom is 0.321 e. The topological polar surface area (TPSA) is 49.3 Å². The highest BCUT2D eigenvalue weighted by atomic mass is 32.2. The summed E-state index contributed by atoms with van der Waals surface area (Å²) in [6.07, 6.45) is 0. The van der Waals surface area contributed by atoms with Crippen molar-refractivity contribution in [2.24, 2.45) is 0 Å². The lowest BCUT2D eigenvalue weighted by atomic mass is 10.0. The van der Waals surface area contributed by atoms with E-state index in [0.29, 0.717) is 5.75 Å². The zero-order chi connectivity index (χ0) is 12.4. The SMILES string of the molecule is CC1SCC(C(=O)O)NC1c1ccc(F)cc1. The number of benzene rings is 1. The van der Waals surface area contributed by atoms with Crippen LogP contribution in [0.4, 0.5) is 4.39 Å². The molecule has 0 spiro atoms. The minimum absolute atomic E-state index is 0.0459. The number of thioether (sulfide) groups is 1. The van der Waals surface area contributed by atoms with Crippen LogP contribution in [0.1, 0.15) is 18.5 Å². The van der Waals surface area contributed by atoms with Crippen molar-refractivity contribution in [3.8, 4) is 0 Å². The first-order valence-electron chi connectivity index (χ1n) is 5.44. The molecule has 1 aliphatic rings. The summed E-state index contributed by atoms with van der Waals surface area (Å²) in [4.78, 5) is 11.0. The van der Waals surface area contributed by atoms with Crippen LogP contribution in [0.2, 0.25) is 0 Å². The molecule has 2 rings (SSSR count). The smallest absolute Gasteiger partial charge is 0.321 e. The van der Waals surface area contributed by atoms with Crippen molar-refractivity contribution in [3.05, 3.63) is 35.6 Å². The normalized spacial score (nSPS) is 28.9. The standard InChI is InChI=1S/C12H14FNO2S/c1-7-11(8-2-4-9(13)5-3-8)14-10(6-17-7)12(15)16/h2-5,7,10-11,14H,6H2,1H3,(H,15,16). The Hall–Kier alpha value is -1.07. The highest BCUT2D eigenvalue weighted by Gasteiger charge is 2.32. The van der Waals surface area contributed by atoms with Gasteiger partial charge in [0.2, 0.25) is 0 Å². The van der Waals surface area contributed by atoms with Gasteiger partial charge in [0.25, 0.3) is 0 Å². The van der Waals surface area contributed by atoms with Crippen LogP contribution in [0.25, 0.3) is 0 Å². The van der Waals surface area contributed by atoms with Crippen LogP contribution in [-0.4, -0.2) is 28.1 Å². The molecule has 1 saturated heterocycles. The number of rotatable bonds is 2. The molecule has 3 atom stereocenters. The van der Waals surface area contributed by atoms with Gasteiger partial charge in [0.05, 0.1) is 0 Å². The summed E-state index contributed by atoms with van der Waals surface area (Å²) in [6, 6.07) is 5.63. The summed E-state index contributed by atoms with van der Waals surface area (Å²) in [7, 11) is 0. The number of hydrogen-bond donors (Lipinski definition) is 2. The average molecular weight is 255 g/mol. The molecule has 0 radical (unpaired) electrons. The molecule has 3 unspecified atom stereocenters. The lowest BCUT2D eigenvalue weighted by molar-refractivity contribution is -0.139. The van der Waals surface area contributed by atoms with Gasteiger partial charge in [-0.2, -0.15) is 11.8 Å². The monoisotopic (exact) mass is 255 g/mol. The molecule has 1 aromatic rings. The third kappa shape index (κ3) is 2.79. The molecule has 0 amide bonds. The van der Waals surface area contributed by atoms with Crippen LogP contribution >= 0.6 is 11.8 Å². The lowest BCUT2D eigenvalue weighted by Gasteiger charge is -2.33. The maximum atomic E-state index is 12.8. The molecule has 0 bridgehead atoms. The minimum atomic E-state index is -0.837. The van der Waals surface area contributed by atoms with Gasteiger partial charge in [-0.15, -0.1) is 0 Å². The van der Waals surface area contributed by atoms with E-state index in [9.17, 15) is 9.18 Å². The Kier molecular flexibility index (Phi) is 3.69. The zero-order valence-electron chi connectivity index (χ0n) is 9.39. The maximum absolute atomic E-state index is 12.8. The quantitative estimate of drug-likeness (QED) is 0.849. The summed E-state index contributed by atoms with van der Waals surface area (Å²) < 4.78 is 12.8. The molecule has 1 heterocycles. The van der Waals surface area contributed by atoms with Crippen LogP contribution in [0.3, 0.4) is 0 Å². The number of hydrogen-bond acceptors (Lipinski definition) is 3. The van der Waals surface area contributed by atoms with Gasteiger partial charge >= 0.3 is 5.97 Å². The summed E-state index contributed by atoms with van der Waals surface area (Å²) in [6.45, 7) is 2.05. The minimum Gasteiger partial charge on any atom is -0.480 e. The van der Waals surface area contributed by atoms with Crippen molar-refractivity contribution < 1.29 is 14.3 Å². The fourth-order valence-electron chi connectivity index (χ4n) is 1.92. The number of carbonyl (C=O) groups is 1. The second kappa shape index (κ2) is 5.06. The van der Waals surface area contributed by atoms with Gasteiger partial charge < -0.3 is 5.11 Å². The predicted molar refractivity (Wildman–Crippen MR) is 65.6 cm³/mol. The van der Waals surface area contributed by atoms with Crippen molar-refractivity contribution in [2.75, 3.05) is 5.75 Å². The fraction of sp³-hybridized carbons (Fsp3) is 0.417. The number of carboxylic acids is 1. The average Bonchev–Trinajstić information content (AvgIpc) is 2.31. The fourth-order valence-corrected chi connectivity index (χ4v) is 3.09.